The highest BCUT2D eigenvalue weighted by Crippen LogP contribution is 2.19. The number of hydrogen-bond acceptors (Lipinski definition) is 3. The molecule has 0 fully saturated rings. The Morgan fingerprint density at radius 2 is 2.05 bits per heavy atom. The molecule has 0 saturated carbocycles. The lowest BCUT2D eigenvalue weighted by atomic mass is 10.2. The Hall–Kier alpha value is -1.05. The van der Waals surface area contributed by atoms with Crippen molar-refractivity contribution < 1.29 is 0 Å². The zero-order valence-corrected chi connectivity index (χ0v) is 13.5. The summed E-state index contributed by atoms with van der Waals surface area (Å²) in [6.07, 6.45) is 2.31. The molecule has 1 rings (SSSR count). The van der Waals surface area contributed by atoms with E-state index in [1.165, 1.54) is 6.42 Å². The Kier molecular flexibility index (Phi) is 6.90. The molecule has 0 atom stereocenters. The van der Waals surface area contributed by atoms with Gasteiger partial charge in [-0.3, -0.25) is 0 Å². The molecule has 4 heteroatoms. The molecule has 0 aromatic heterocycles. The first-order valence-electron chi connectivity index (χ1n) is 6.67. The first-order chi connectivity index (χ1) is 9.02. The molecule has 0 spiro atoms. The molecular formula is C15H22BrN3. The van der Waals surface area contributed by atoms with Crippen molar-refractivity contribution in [1.29, 1.82) is 5.26 Å². The highest BCUT2D eigenvalue weighted by molar-refractivity contribution is 9.10. The average molecular weight is 324 g/mol. The van der Waals surface area contributed by atoms with Gasteiger partial charge in [0.05, 0.1) is 11.6 Å². The summed E-state index contributed by atoms with van der Waals surface area (Å²) >= 11 is 3.41. The second-order valence-corrected chi connectivity index (χ2v) is 5.96. The molecule has 0 unspecified atom stereocenters. The number of nitrogens with one attached hydrogen (secondary N) is 1. The SMILES string of the molecule is CC(C)N(C)CCCCNc1cc(Br)cc(C#N)c1. The van der Waals surface area contributed by atoms with Crippen molar-refractivity contribution >= 4 is 21.6 Å². The predicted molar refractivity (Wildman–Crippen MR) is 84.3 cm³/mol. The second-order valence-electron chi connectivity index (χ2n) is 5.05. The average Bonchev–Trinajstić information content (AvgIpc) is 2.37. The number of rotatable bonds is 7. The molecule has 0 radical (unpaired) electrons. The number of anilines is 1. The van der Waals surface area contributed by atoms with Gasteiger partial charge in [-0.05, 0) is 58.5 Å². The van der Waals surface area contributed by atoms with Crippen molar-refractivity contribution in [2.45, 2.75) is 32.7 Å². The second kappa shape index (κ2) is 8.19. The van der Waals surface area contributed by atoms with Crippen molar-refractivity contribution in [2.75, 3.05) is 25.5 Å². The van der Waals surface area contributed by atoms with Crippen molar-refractivity contribution in [3.05, 3.63) is 28.2 Å². The van der Waals surface area contributed by atoms with Crippen LogP contribution in [-0.4, -0.2) is 31.1 Å². The van der Waals surface area contributed by atoms with E-state index in [2.05, 4.69) is 53.1 Å². The maximum absolute atomic E-state index is 8.91. The van der Waals surface area contributed by atoms with Gasteiger partial charge in [-0.15, -0.1) is 0 Å². The van der Waals surface area contributed by atoms with Crippen molar-refractivity contribution in [2.24, 2.45) is 0 Å². The fraction of sp³-hybridized carbons (Fsp3) is 0.533. The smallest absolute Gasteiger partial charge is 0.0992 e. The zero-order chi connectivity index (χ0) is 14.3. The van der Waals surface area contributed by atoms with Crippen LogP contribution in [0.25, 0.3) is 0 Å². The quantitative estimate of drug-likeness (QED) is 0.774. The highest BCUT2D eigenvalue weighted by Gasteiger charge is 2.02. The summed E-state index contributed by atoms with van der Waals surface area (Å²) in [7, 11) is 2.16. The van der Waals surface area contributed by atoms with Gasteiger partial charge in [0.2, 0.25) is 0 Å². The first kappa shape index (κ1) is 16.0. The van der Waals surface area contributed by atoms with Gasteiger partial charge in [0, 0.05) is 22.7 Å². The molecule has 0 amide bonds. The van der Waals surface area contributed by atoms with Crippen molar-refractivity contribution in [1.82, 2.24) is 4.90 Å². The van der Waals surface area contributed by atoms with Crippen LogP contribution < -0.4 is 5.32 Å². The predicted octanol–water partition coefficient (Wildman–Crippen LogP) is 3.85. The van der Waals surface area contributed by atoms with E-state index in [1.807, 2.05) is 18.2 Å². The van der Waals surface area contributed by atoms with Gasteiger partial charge in [0.15, 0.2) is 0 Å². The van der Waals surface area contributed by atoms with Crippen LogP contribution >= 0.6 is 15.9 Å². The molecule has 1 N–H and O–H groups in total. The maximum atomic E-state index is 8.91. The molecule has 0 bridgehead atoms. The van der Waals surface area contributed by atoms with Gasteiger partial charge in [0.1, 0.15) is 0 Å². The Balaban J connectivity index is 2.30. The summed E-state index contributed by atoms with van der Waals surface area (Å²) in [4.78, 5) is 2.35. The van der Waals surface area contributed by atoms with Crippen LogP contribution in [0.15, 0.2) is 22.7 Å². The summed E-state index contributed by atoms with van der Waals surface area (Å²) in [6.45, 7) is 6.49. The van der Waals surface area contributed by atoms with Crippen molar-refractivity contribution in [3.63, 3.8) is 0 Å². The van der Waals surface area contributed by atoms with Gasteiger partial charge < -0.3 is 10.2 Å². The van der Waals surface area contributed by atoms with Crippen LogP contribution in [0.2, 0.25) is 0 Å². The van der Waals surface area contributed by atoms with E-state index < -0.39 is 0 Å². The number of unbranched alkanes of at least 4 members (excludes halogenated alkanes) is 1. The molecule has 0 aliphatic heterocycles. The van der Waals surface area contributed by atoms with Gasteiger partial charge >= 0.3 is 0 Å². The Morgan fingerprint density at radius 1 is 1.32 bits per heavy atom. The normalized spacial score (nSPS) is 10.8. The van der Waals surface area contributed by atoms with Gasteiger partial charge in [0.25, 0.3) is 0 Å². The third kappa shape index (κ3) is 6.09. The molecule has 0 saturated heterocycles. The number of benzene rings is 1. The molecule has 1 aromatic carbocycles. The summed E-state index contributed by atoms with van der Waals surface area (Å²) in [5, 5.41) is 12.3. The minimum Gasteiger partial charge on any atom is -0.385 e. The van der Waals surface area contributed by atoms with E-state index in [0.717, 1.165) is 29.7 Å². The maximum Gasteiger partial charge on any atom is 0.0992 e. The minimum absolute atomic E-state index is 0.608. The van der Waals surface area contributed by atoms with Crippen LogP contribution in [0.1, 0.15) is 32.3 Å². The monoisotopic (exact) mass is 323 g/mol. The Labute approximate surface area is 124 Å². The highest BCUT2D eigenvalue weighted by atomic mass is 79.9. The van der Waals surface area contributed by atoms with E-state index in [0.29, 0.717) is 11.6 Å². The third-order valence-corrected chi connectivity index (χ3v) is 3.63. The van der Waals surface area contributed by atoms with Gasteiger partial charge in [-0.1, -0.05) is 15.9 Å². The summed E-state index contributed by atoms with van der Waals surface area (Å²) in [6, 6.07) is 8.47. The van der Waals surface area contributed by atoms with E-state index in [4.69, 9.17) is 5.26 Å². The summed E-state index contributed by atoms with van der Waals surface area (Å²) < 4.78 is 0.939. The van der Waals surface area contributed by atoms with E-state index in [-0.39, 0.29) is 0 Å². The summed E-state index contributed by atoms with van der Waals surface area (Å²) in [5.74, 6) is 0. The van der Waals surface area contributed by atoms with E-state index >= 15 is 0 Å². The third-order valence-electron chi connectivity index (χ3n) is 3.18. The first-order valence-corrected chi connectivity index (χ1v) is 7.47. The number of nitriles is 1. The largest absolute Gasteiger partial charge is 0.385 e. The molecule has 0 aliphatic rings. The minimum atomic E-state index is 0.608. The number of nitrogens with zero attached hydrogens (tertiary/aromatic N) is 2. The number of halogens is 1. The lowest BCUT2D eigenvalue weighted by Gasteiger charge is -2.20. The molecule has 104 valence electrons. The Morgan fingerprint density at radius 3 is 2.68 bits per heavy atom. The van der Waals surface area contributed by atoms with Crippen LogP contribution in [-0.2, 0) is 0 Å². The van der Waals surface area contributed by atoms with Gasteiger partial charge in [-0.2, -0.15) is 5.26 Å². The fourth-order valence-corrected chi connectivity index (χ4v) is 2.23. The molecular weight excluding hydrogens is 302 g/mol. The fourth-order valence-electron chi connectivity index (χ4n) is 1.73. The van der Waals surface area contributed by atoms with Gasteiger partial charge in [-0.25, -0.2) is 0 Å². The van der Waals surface area contributed by atoms with Crippen molar-refractivity contribution in [3.8, 4) is 6.07 Å². The van der Waals surface area contributed by atoms with Crippen LogP contribution in [0.5, 0.6) is 0 Å². The number of hydrogen-bond donors (Lipinski definition) is 1. The molecule has 1 aromatic rings. The lowest BCUT2D eigenvalue weighted by Crippen LogP contribution is -2.27. The topological polar surface area (TPSA) is 39.1 Å². The standard InChI is InChI=1S/C15H22BrN3/c1-12(2)19(3)7-5-4-6-18-15-9-13(11-17)8-14(16)10-15/h8-10,12,18H,4-7H2,1-3H3. The zero-order valence-electron chi connectivity index (χ0n) is 11.9. The van der Waals surface area contributed by atoms with E-state index in [9.17, 15) is 0 Å². The van der Waals surface area contributed by atoms with Crippen LogP contribution in [0, 0.1) is 11.3 Å². The van der Waals surface area contributed by atoms with Crippen LogP contribution in [0.3, 0.4) is 0 Å². The molecule has 19 heavy (non-hydrogen) atoms. The Bertz CT molecular complexity index is 438. The molecule has 0 aliphatic carbocycles. The van der Waals surface area contributed by atoms with Crippen LogP contribution in [0.4, 0.5) is 5.69 Å². The summed E-state index contributed by atoms with van der Waals surface area (Å²) in [5.41, 5.74) is 1.68. The lowest BCUT2D eigenvalue weighted by molar-refractivity contribution is 0.269. The molecule has 3 nitrogen and oxygen atoms in total. The van der Waals surface area contributed by atoms with E-state index in [1.54, 1.807) is 0 Å². The molecule has 0 heterocycles.